The van der Waals surface area contributed by atoms with Crippen molar-refractivity contribution in [2.24, 2.45) is 0 Å². The topological polar surface area (TPSA) is 119 Å². The van der Waals surface area contributed by atoms with Crippen molar-refractivity contribution in [1.29, 1.82) is 0 Å². The van der Waals surface area contributed by atoms with Gasteiger partial charge in [0.2, 0.25) is 0 Å². The van der Waals surface area contributed by atoms with E-state index in [1.807, 2.05) is 0 Å². The monoisotopic (exact) mass is 674 g/mol. The smallest absolute Gasteiger partial charge is 0.462 e. The standard InChI is InChI=1S/C37H71O8P/c1-3-5-7-9-11-12-13-14-15-16-17-18-19-20-21-22-23-24-26-28-30-32-37(39)45-35(34-44-46(40,41)42)33-43-36(38)31-29-27-25-10-8-6-4-2/h14-15,35H,3-13,16-34H2,1-2H3,(H2,40,41,42)/b15-14+/t35-/m1/s1. The Labute approximate surface area is 282 Å². The first-order valence-corrected chi connectivity index (χ1v) is 20.5. The van der Waals surface area contributed by atoms with Crippen molar-refractivity contribution in [1.82, 2.24) is 0 Å². The van der Waals surface area contributed by atoms with E-state index in [1.54, 1.807) is 0 Å². The molecule has 8 nitrogen and oxygen atoms in total. The van der Waals surface area contributed by atoms with Crippen molar-refractivity contribution in [2.75, 3.05) is 13.2 Å². The minimum Gasteiger partial charge on any atom is -0.462 e. The molecular weight excluding hydrogens is 603 g/mol. The molecule has 0 radical (unpaired) electrons. The van der Waals surface area contributed by atoms with Crippen LogP contribution in [0.15, 0.2) is 12.2 Å². The van der Waals surface area contributed by atoms with Gasteiger partial charge in [0, 0.05) is 12.8 Å². The number of phosphoric acid groups is 1. The highest BCUT2D eigenvalue weighted by molar-refractivity contribution is 7.46. The third-order valence-electron chi connectivity index (χ3n) is 8.28. The van der Waals surface area contributed by atoms with E-state index in [9.17, 15) is 14.2 Å². The van der Waals surface area contributed by atoms with Gasteiger partial charge in [0.1, 0.15) is 6.61 Å². The Bertz CT molecular complexity index is 766. The van der Waals surface area contributed by atoms with Gasteiger partial charge in [0.05, 0.1) is 6.61 Å². The number of phosphoric ester groups is 1. The molecule has 0 rings (SSSR count). The second-order valence-electron chi connectivity index (χ2n) is 12.9. The fraction of sp³-hybridized carbons (Fsp3) is 0.892. The Balaban J connectivity index is 3.81. The van der Waals surface area contributed by atoms with Crippen molar-refractivity contribution in [3.05, 3.63) is 12.2 Å². The minimum atomic E-state index is -4.74. The highest BCUT2D eigenvalue weighted by atomic mass is 31.2. The molecule has 0 spiro atoms. The fourth-order valence-electron chi connectivity index (χ4n) is 5.43. The molecule has 0 fully saturated rings. The zero-order valence-corrected chi connectivity index (χ0v) is 30.6. The van der Waals surface area contributed by atoms with Gasteiger partial charge >= 0.3 is 19.8 Å². The molecule has 0 aromatic carbocycles. The number of hydrogen-bond donors (Lipinski definition) is 2. The number of rotatable bonds is 35. The van der Waals surface area contributed by atoms with Gasteiger partial charge in [-0.15, -0.1) is 0 Å². The lowest BCUT2D eigenvalue weighted by Crippen LogP contribution is -2.29. The molecule has 0 bridgehead atoms. The molecule has 0 unspecified atom stereocenters. The second kappa shape index (κ2) is 33.7. The molecule has 9 heteroatoms. The summed E-state index contributed by atoms with van der Waals surface area (Å²) in [5, 5.41) is 0. The Morgan fingerprint density at radius 2 is 0.913 bits per heavy atom. The first-order chi connectivity index (χ1) is 22.3. The van der Waals surface area contributed by atoms with Crippen LogP contribution < -0.4 is 0 Å². The number of carbonyl (C=O) groups is 2. The Hall–Kier alpha value is -1.21. The van der Waals surface area contributed by atoms with Crippen LogP contribution >= 0.6 is 7.82 Å². The van der Waals surface area contributed by atoms with E-state index in [1.165, 1.54) is 122 Å². The molecule has 0 heterocycles. The highest BCUT2D eigenvalue weighted by Crippen LogP contribution is 2.36. The molecule has 0 aromatic heterocycles. The molecule has 0 aromatic rings. The van der Waals surface area contributed by atoms with Crippen molar-refractivity contribution in [2.45, 2.75) is 200 Å². The quantitative estimate of drug-likeness (QED) is 0.0295. The maximum atomic E-state index is 12.3. The maximum Gasteiger partial charge on any atom is 0.469 e. The normalized spacial score (nSPS) is 12.5. The van der Waals surface area contributed by atoms with Crippen molar-refractivity contribution >= 4 is 19.8 Å². The van der Waals surface area contributed by atoms with Crippen LogP contribution in [0.25, 0.3) is 0 Å². The van der Waals surface area contributed by atoms with Gasteiger partial charge in [-0.3, -0.25) is 14.1 Å². The van der Waals surface area contributed by atoms with Crippen molar-refractivity contribution in [3.63, 3.8) is 0 Å². The van der Waals surface area contributed by atoms with E-state index in [-0.39, 0.29) is 19.4 Å². The number of carbonyl (C=O) groups excluding carboxylic acids is 2. The summed E-state index contributed by atoms with van der Waals surface area (Å²) < 4.78 is 26.2. The summed E-state index contributed by atoms with van der Waals surface area (Å²) in [5.41, 5.74) is 0. The van der Waals surface area contributed by atoms with Crippen LogP contribution in [-0.2, 0) is 28.2 Å². The largest absolute Gasteiger partial charge is 0.469 e. The number of hydrogen-bond acceptors (Lipinski definition) is 6. The first-order valence-electron chi connectivity index (χ1n) is 19.0. The van der Waals surface area contributed by atoms with Gasteiger partial charge in [0.25, 0.3) is 0 Å². The summed E-state index contributed by atoms with van der Waals surface area (Å²) >= 11 is 0. The van der Waals surface area contributed by atoms with E-state index >= 15 is 0 Å². The summed E-state index contributed by atoms with van der Waals surface area (Å²) in [6.45, 7) is 3.63. The summed E-state index contributed by atoms with van der Waals surface area (Å²) in [7, 11) is -4.74. The van der Waals surface area contributed by atoms with Gasteiger partial charge in [-0.25, -0.2) is 4.57 Å². The highest BCUT2D eigenvalue weighted by Gasteiger charge is 2.22. The molecule has 272 valence electrons. The predicted molar refractivity (Wildman–Crippen MR) is 189 cm³/mol. The van der Waals surface area contributed by atoms with Crippen molar-refractivity contribution < 1.29 is 37.9 Å². The third kappa shape index (κ3) is 35.6. The Morgan fingerprint density at radius 1 is 0.543 bits per heavy atom. The zero-order chi connectivity index (χ0) is 34.0. The van der Waals surface area contributed by atoms with Crippen LogP contribution in [-0.4, -0.2) is 41.0 Å². The van der Waals surface area contributed by atoms with E-state index in [0.29, 0.717) is 6.42 Å². The van der Waals surface area contributed by atoms with Gasteiger partial charge in [0.15, 0.2) is 6.10 Å². The van der Waals surface area contributed by atoms with Gasteiger partial charge in [-0.2, -0.15) is 0 Å². The van der Waals surface area contributed by atoms with Crippen LogP contribution in [0, 0.1) is 0 Å². The average Bonchev–Trinajstić information content (AvgIpc) is 3.02. The summed E-state index contributed by atoms with van der Waals surface area (Å²) in [6.07, 6.45) is 35.3. The summed E-state index contributed by atoms with van der Waals surface area (Å²) in [6, 6.07) is 0. The van der Waals surface area contributed by atoms with Crippen LogP contribution in [0.5, 0.6) is 0 Å². The molecule has 0 aliphatic heterocycles. The van der Waals surface area contributed by atoms with Crippen LogP contribution in [0.4, 0.5) is 0 Å². The zero-order valence-electron chi connectivity index (χ0n) is 29.7. The molecule has 0 saturated carbocycles. The molecule has 0 saturated heterocycles. The number of unbranched alkanes of at least 4 members (excludes halogenated alkanes) is 23. The summed E-state index contributed by atoms with van der Waals surface area (Å²) in [4.78, 5) is 42.5. The van der Waals surface area contributed by atoms with E-state index < -0.39 is 32.5 Å². The number of ether oxygens (including phenoxy) is 2. The number of esters is 2. The summed E-state index contributed by atoms with van der Waals surface area (Å²) in [5.74, 6) is -0.886. The maximum absolute atomic E-state index is 12.3. The molecule has 2 N–H and O–H groups in total. The van der Waals surface area contributed by atoms with Crippen LogP contribution in [0.3, 0.4) is 0 Å². The molecular formula is C37H71O8P. The fourth-order valence-corrected chi connectivity index (χ4v) is 5.79. The molecule has 1 atom stereocenters. The number of allylic oxidation sites excluding steroid dienone is 2. The average molecular weight is 675 g/mol. The van der Waals surface area contributed by atoms with Gasteiger partial charge < -0.3 is 19.3 Å². The van der Waals surface area contributed by atoms with Crippen LogP contribution in [0.2, 0.25) is 0 Å². The lowest BCUT2D eigenvalue weighted by atomic mass is 10.0. The minimum absolute atomic E-state index is 0.215. The van der Waals surface area contributed by atoms with E-state index in [2.05, 4.69) is 30.5 Å². The predicted octanol–water partition coefficient (Wildman–Crippen LogP) is 11.1. The van der Waals surface area contributed by atoms with Gasteiger partial charge in [-0.1, -0.05) is 154 Å². The van der Waals surface area contributed by atoms with Crippen LogP contribution in [0.1, 0.15) is 194 Å². The molecule has 0 aliphatic rings. The van der Waals surface area contributed by atoms with E-state index in [4.69, 9.17) is 19.3 Å². The lowest BCUT2D eigenvalue weighted by molar-refractivity contribution is -0.161. The molecule has 46 heavy (non-hydrogen) atoms. The van der Waals surface area contributed by atoms with Crippen molar-refractivity contribution in [3.8, 4) is 0 Å². The second-order valence-corrected chi connectivity index (χ2v) is 14.1. The molecule has 0 aliphatic carbocycles. The Morgan fingerprint density at radius 3 is 1.33 bits per heavy atom. The third-order valence-corrected chi connectivity index (χ3v) is 8.77. The van der Waals surface area contributed by atoms with Gasteiger partial charge in [-0.05, 0) is 38.5 Å². The molecule has 0 amide bonds. The first kappa shape index (κ1) is 44.8. The Kier molecular flexibility index (Phi) is 32.8. The SMILES string of the molecule is CCCCCCCC/C=C/CCCCCCCCCCCCCC(=O)O[C@H](COC(=O)CCCCCCCCC)COP(=O)(O)O. The lowest BCUT2D eigenvalue weighted by Gasteiger charge is -2.18. The van der Waals surface area contributed by atoms with E-state index in [0.717, 1.165) is 38.5 Å².